The molecule has 1 amide bonds. The number of hydrogen-bond donors (Lipinski definition) is 1. The molecule has 0 saturated heterocycles. The van der Waals surface area contributed by atoms with E-state index in [2.05, 4.69) is 10.5 Å². The highest BCUT2D eigenvalue weighted by Gasteiger charge is 2.08. The molecule has 0 spiro atoms. The second-order valence-electron chi connectivity index (χ2n) is 6.08. The van der Waals surface area contributed by atoms with Crippen LogP contribution in [0.25, 0.3) is 0 Å². The van der Waals surface area contributed by atoms with Crippen LogP contribution >= 0.6 is 0 Å². The lowest BCUT2D eigenvalue weighted by molar-refractivity contribution is 0.0955. The van der Waals surface area contributed by atoms with E-state index in [0.29, 0.717) is 29.2 Å². The van der Waals surface area contributed by atoms with Gasteiger partial charge >= 0.3 is 0 Å². The predicted molar refractivity (Wildman–Crippen MR) is 110 cm³/mol. The fraction of sp³-hybridized carbons (Fsp3) is 0.130. The molecular weight excluding hydrogens is 371 g/mol. The fourth-order valence-electron chi connectivity index (χ4n) is 2.58. The van der Waals surface area contributed by atoms with Crippen molar-refractivity contribution in [1.29, 1.82) is 0 Å². The molecule has 0 radical (unpaired) electrons. The first-order chi connectivity index (χ1) is 14.2. The molecule has 3 aromatic carbocycles. The molecule has 3 rings (SSSR count). The SMILES string of the molecule is CCOc1cc(/C=N/NC(=O)c2ccccc2)ccc1OCc1ccccc1F. The summed E-state index contributed by atoms with van der Waals surface area (Å²) in [6, 6.07) is 20.5. The third-order valence-corrected chi connectivity index (χ3v) is 4.02. The van der Waals surface area contributed by atoms with Gasteiger partial charge in [-0.3, -0.25) is 4.79 Å². The van der Waals surface area contributed by atoms with Crippen LogP contribution in [0.3, 0.4) is 0 Å². The van der Waals surface area contributed by atoms with Crippen molar-refractivity contribution in [3.8, 4) is 11.5 Å². The smallest absolute Gasteiger partial charge is 0.271 e. The highest BCUT2D eigenvalue weighted by atomic mass is 19.1. The number of halogens is 1. The molecular formula is C23H21FN2O3. The van der Waals surface area contributed by atoms with Gasteiger partial charge in [0.1, 0.15) is 12.4 Å². The molecule has 0 saturated carbocycles. The van der Waals surface area contributed by atoms with Gasteiger partial charge in [-0.15, -0.1) is 0 Å². The van der Waals surface area contributed by atoms with Gasteiger partial charge in [0.2, 0.25) is 0 Å². The van der Waals surface area contributed by atoms with E-state index < -0.39 is 0 Å². The van der Waals surface area contributed by atoms with Gasteiger partial charge in [0.15, 0.2) is 11.5 Å². The standard InChI is InChI=1S/C23H21FN2O3/c1-2-28-22-14-17(15-25-26-23(27)18-8-4-3-5-9-18)12-13-21(22)29-16-19-10-6-7-11-20(19)24/h3-15H,2,16H2,1H3,(H,26,27)/b25-15+. The average Bonchev–Trinajstić information content (AvgIpc) is 2.75. The first kappa shape index (κ1) is 20.1. The zero-order chi connectivity index (χ0) is 20.5. The molecule has 0 heterocycles. The van der Waals surface area contributed by atoms with Crippen LogP contribution in [0.1, 0.15) is 28.4 Å². The zero-order valence-corrected chi connectivity index (χ0v) is 16.0. The van der Waals surface area contributed by atoms with Gasteiger partial charge in [-0.2, -0.15) is 5.10 Å². The van der Waals surface area contributed by atoms with E-state index in [-0.39, 0.29) is 18.3 Å². The van der Waals surface area contributed by atoms with E-state index in [0.717, 1.165) is 5.56 Å². The molecule has 5 nitrogen and oxygen atoms in total. The zero-order valence-electron chi connectivity index (χ0n) is 16.0. The van der Waals surface area contributed by atoms with Crippen molar-refractivity contribution in [2.24, 2.45) is 5.10 Å². The number of benzene rings is 3. The summed E-state index contributed by atoms with van der Waals surface area (Å²) < 4.78 is 25.1. The highest BCUT2D eigenvalue weighted by Crippen LogP contribution is 2.29. The summed E-state index contributed by atoms with van der Waals surface area (Å²) in [4.78, 5) is 12.0. The van der Waals surface area contributed by atoms with Crippen molar-refractivity contribution in [3.05, 3.63) is 95.3 Å². The number of rotatable bonds is 8. The minimum absolute atomic E-state index is 0.0906. The number of carbonyl (C=O) groups is 1. The molecule has 0 atom stereocenters. The van der Waals surface area contributed by atoms with Crippen LogP contribution in [0, 0.1) is 5.82 Å². The van der Waals surface area contributed by atoms with Crippen LogP contribution in [0.4, 0.5) is 4.39 Å². The van der Waals surface area contributed by atoms with E-state index >= 15 is 0 Å². The molecule has 0 aromatic heterocycles. The molecule has 6 heteroatoms. The number of carbonyl (C=O) groups excluding carboxylic acids is 1. The molecule has 0 aliphatic rings. The number of hydrazone groups is 1. The normalized spacial score (nSPS) is 10.7. The van der Waals surface area contributed by atoms with Crippen molar-refractivity contribution in [2.45, 2.75) is 13.5 Å². The maximum absolute atomic E-state index is 13.8. The van der Waals surface area contributed by atoms with Crippen LogP contribution in [0.2, 0.25) is 0 Å². The van der Waals surface area contributed by atoms with Gasteiger partial charge in [-0.05, 0) is 48.9 Å². The Morgan fingerprint density at radius 2 is 1.76 bits per heavy atom. The number of nitrogens with zero attached hydrogens (tertiary/aromatic N) is 1. The summed E-state index contributed by atoms with van der Waals surface area (Å²) in [6.07, 6.45) is 1.52. The summed E-state index contributed by atoms with van der Waals surface area (Å²) in [5.74, 6) is 0.405. The molecule has 148 valence electrons. The van der Waals surface area contributed by atoms with Crippen LogP contribution in [-0.2, 0) is 6.61 Å². The maximum atomic E-state index is 13.8. The Labute approximate surface area is 168 Å². The summed E-state index contributed by atoms with van der Waals surface area (Å²) in [5, 5.41) is 3.98. The number of ether oxygens (including phenoxy) is 2. The lowest BCUT2D eigenvalue weighted by atomic mass is 10.2. The van der Waals surface area contributed by atoms with Gasteiger partial charge in [0, 0.05) is 11.1 Å². The van der Waals surface area contributed by atoms with Crippen molar-refractivity contribution >= 4 is 12.1 Å². The Morgan fingerprint density at radius 3 is 2.52 bits per heavy atom. The van der Waals surface area contributed by atoms with Crippen molar-refractivity contribution in [2.75, 3.05) is 6.61 Å². The van der Waals surface area contributed by atoms with E-state index in [4.69, 9.17) is 9.47 Å². The minimum Gasteiger partial charge on any atom is -0.490 e. The van der Waals surface area contributed by atoms with Gasteiger partial charge in [-0.1, -0.05) is 36.4 Å². The van der Waals surface area contributed by atoms with Crippen LogP contribution in [-0.4, -0.2) is 18.7 Å². The lowest BCUT2D eigenvalue weighted by Gasteiger charge is -2.13. The summed E-state index contributed by atoms with van der Waals surface area (Å²) in [5.41, 5.74) is 4.19. The second-order valence-corrected chi connectivity index (χ2v) is 6.08. The summed E-state index contributed by atoms with van der Waals surface area (Å²) in [7, 11) is 0. The second kappa shape index (κ2) is 10.0. The fourth-order valence-corrected chi connectivity index (χ4v) is 2.58. The maximum Gasteiger partial charge on any atom is 0.271 e. The van der Waals surface area contributed by atoms with Gasteiger partial charge in [0.25, 0.3) is 5.91 Å². The molecule has 0 aliphatic carbocycles. The van der Waals surface area contributed by atoms with E-state index in [1.54, 1.807) is 60.7 Å². The third-order valence-electron chi connectivity index (χ3n) is 4.02. The predicted octanol–water partition coefficient (Wildman–Crippen LogP) is 4.57. The number of nitrogens with one attached hydrogen (secondary N) is 1. The first-order valence-electron chi connectivity index (χ1n) is 9.19. The number of hydrogen-bond acceptors (Lipinski definition) is 4. The Morgan fingerprint density at radius 1 is 1.00 bits per heavy atom. The van der Waals surface area contributed by atoms with Crippen LogP contribution < -0.4 is 14.9 Å². The Bertz CT molecular complexity index is 990. The first-order valence-corrected chi connectivity index (χ1v) is 9.19. The monoisotopic (exact) mass is 392 g/mol. The minimum atomic E-state index is -0.316. The molecule has 3 aromatic rings. The Balaban J connectivity index is 1.67. The largest absolute Gasteiger partial charge is 0.490 e. The van der Waals surface area contributed by atoms with E-state index in [1.807, 2.05) is 13.0 Å². The van der Waals surface area contributed by atoms with Gasteiger partial charge < -0.3 is 9.47 Å². The molecule has 29 heavy (non-hydrogen) atoms. The average molecular weight is 392 g/mol. The van der Waals surface area contributed by atoms with Crippen LogP contribution in [0.15, 0.2) is 77.9 Å². The van der Waals surface area contributed by atoms with Crippen molar-refractivity contribution in [1.82, 2.24) is 5.43 Å². The van der Waals surface area contributed by atoms with Crippen molar-refractivity contribution < 1.29 is 18.7 Å². The van der Waals surface area contributed by atoms with Gasteiger partial charge in [-0.25, -0.2) is 9.82 Å². The third kappa shape index (κ3) is 5.65. The van der Waals surface area contributed by atoms with Crippen molar-refractivity contribution in [3.63, 3.8) is 0 Å². The van der Waals surface area contributed by atoms with Crippen LogP contribution in [0.5, 0.6) is 11.5 Å². The molecule has 1 N–H and O–H groups in total. The number of amides is 1. The van der Waals surface area contributed by atoms with E-state index in [1.165, 1.54) is 12.3 Å². The highest BCUT2D eigenvalue weighted by molar-refractivity contribution is 5.94. The summed E-state index contributed by atoms with van der Waals surface area (Å²) in [6.45, 7) is 2.40. The van der Waals surface area contributed by atoms with Gasteiger partial charge in [0.05, 0.1) is 12.8 Å². The Kier molecular flexibility index (Phi) is 6.95. The molecule has 0 bridgehead atoms. The van der Waals surface area contributed by atoms with E-state index in [9.17, 15) is 9.18 Å². The lowest BCUT2D eigenvalue weighted by Crippen LogP contribution is -2.17. The molecule has 0 fully saturated rings. The molecule has 0 unspecified atom stereocenters. The quantitative estimate of drug-likeness (QED) is 0.451. The topological polar surface area (TPSA) is 59.9 Å². The Hall–Kier alpha value is -3.67. The molecule has 0 aliphatic heterocycles. The summed E-state index contributed by atoms with van der Waals surface area (Å²) >= 11 is 0.